The van der Waals surface area contributed by atoms with Crippen LogP contribution in [-0.4, -0.2) is 73.9 Å². The van der Waals surface area contributed by atoms with Gasteiger partial charge in [0.1, 0.15) is 0 Å². The summed E-state index contributed by atoms with van der Waals surface area (Å²) in [6, 6.07) is 0. The number of rotatable bonds is 8. The molecule has 1 rings (SSSR count). The lowest BCUT2D eigenvalue weighted by atomic mass is 9.93. The summed E-state index contributed by atoms with van der Waals surface area (Å²) < 4.78 is 0. The zero-order valence-electron chi connectivity index (χ0n) is 16.7. The normalized spacial score (nSPS) is 15.2. The fraction of sp³-hybridized carbons (Fsp3) is 0.833. The largest absolute Gasteiger partial charge is 0.359 e. The van der Waals surface area contributed by atoms with Crippen molar-refractivity contribution >= 4 is 41.8 Å². The molecule has 2 amide bonds. The maximum absolute atomic E-state index is 12.1. The van der Waals surface area contributed by atoms with E-state index in [1.807, 2.05) is 18.7 Å². The second kappa shape index (κ2) is 14.1. The van der Waals surface area contributed by atoms with Gasteiger partial charge in [-0.1, -0.05) is 0 Å². The first-order valence-corrected chi connectivity index (χ1v) is 9.57. The van der Waals surface area contributed by atoms with E-state index in [-0.39, 0.29) is 35.8 Å². The molecule has 0 aliphatic carbocycles. The van der Waals surface area contributed by atoms with Crippen LogP contribution in [0.1, 0.15) is 46.5 Å². The summed E-state index contributed by atoms with van der Waals surface area (Å²) in [4.78, 5) is 32.3. The number of likely N-dealkylation sites (tertiary alicyclic amines) is 1. The molecule has 2 N–H and O–H groups in total. The molecule has 0 atom stereocenters. The van der Waals surface area contributed by atoms with Crippen LogP contribution in [0.4, 0.5) is 0 Å². The zero-order chi connectivity index (χ0) is 18.7. The van der Waals surface area contributed by atoms with E-state index in [9.17, 15) is 9.59 Å². The van der Waals surface area contributed by atoms with Crippen molar-refractivity contribution in [2.45, 2.75) is 46.5 Å². The number of piperidine rings is 1. The number of halogens is 1. The highest BCUT2D eigenvalue weighted by Crippen LogP contribution is 2.20. The number of nitrogens with one attached hydrogen (secondary N) is 2. The predicted octanol–water partition coefficient (Wildman–Crippen LogP) is 1.68. The molecule has 0 aromatic carbocycles. The summed E-state index contributed by atoms with van der Waals surface area (Å²) in [5, 5.41) is 6.02. The fourth-order valence-electron chi connectivity index (χ4n) is 3.13. The third kappa shape index (κ3) is 8.55. The van der Waals surface area contributed by atoms with Crippen LogP contribution in [0.25, 0.3) is 0 Å². The number of nitrogens with zero attached hydrogens (tertiary/aromatic N) is 3. The van der Waals surface area contributed by atoms with Gasteiger partial charge in [-0.2, -0.15) is 0 Å². The lowest BCUT2D eigenvalue weighted by molar-refractivity contribution is -0.130. The van der Waals surface area contributed by atoms with Crippen molar-refractivity contribution in [2.75, 3.05) is 46.3 Å². The summed E-state index contributed by atoms with van der Waals surface area (Å²) in [6.07, 6.45) is 3.05. The maximum Gasteiger partial charge on any atom is 0.224 e. The molecule has 1 heterocycles. The van der Waals surface area contributed by atoms with Crippen LogP contribution < -0.4 is 10.6 Å². The number of hydrogen-bond acceptors (Lipinski definition) is 3. The summed E-state index contributed by atoms with van der Waals surface area (Å²) in [7, 11) is 1.69. The predicted molar refractivity (Wildman–Crippen MR) is 117 cm³/mol. The van der Waals surface area contributed by atoms with Gasteiger partial charge in [0.05, 0.1) is 6.54 Å². The quantitative estimate of drug-likeness (QED) is 0.314. The summed E-state index contributed by atoms with van der Waals surface area (Å²) in [5.41, 5.74) is 0. The van der Waals surface area contributed by atoms with Gasteiger partial charge in [0.15, 0.2) is 5.96 Å². The van der Waals surface area contributed by atoms with Gasteiger partial charge in [-0.25, -0.2) is 0 Å². The van der Waals surface area contributed by atoms with Gasteiger partial charge in [-0.05, 0) is 39.5 Å². The molecular formula is C18H36IN5O2. The van der Waals surface area contributed by atoms with Gasteiger partial charge in [0.2, 0.25) is 11.8 Å². The smallest absolute Gasteiger partial charge is 0.224 e. The van der Waals surface area contributed by atoms with E-state index in [4.69, 9.17) is 0 Å². The molecule has 8 heteroatoms. The van der Waals surface area contributed by atoms with Crippen LogP contribution in [0.3, 0.4) is 0 Å². The molecule has 1 aliphatic rings. The topological polar surface area (TPSA) is 77.0 Å². The molecule has 7 nitrogen and oxygen atoms in total. The SMILES string of the molecule is CCNC(=NCCC(=O)N(CC)CC)N1CCC(CC(=O)NC)CC1.I. The molecule has 1 fully saturated rings. The van der Waals surface area contributed by atoms with Crippen molar-refractivity contribution in [1.29, 1.82) is 0 Å². The van der Waals surface area contributed by atoms with Crippen molar-refractivity contribution in [2.24, 2.45) is 10.9 Å². The minimum Gasteiger partial charge on any atom is -0.359 e. The lowest BCUT2D eigenvalue weighted by Crippen LogP contribution is -2.46. The standard InChI is InChI=1S/C18H35N5O2.HI/c1-5-20-18(21-11-8-17(25)22(6-2)7-3)23-12-9-15(10-13-23)14-16(24)19-4;/h15H,5-14H2,1-4H3,(H,19,24)(H,20,21);1H. The van der Waals surface area contributed by atoms with E-state index in [0.717, 1.165) is 51.5 Å². The van der Waals surface area contributed by atoms with Crippen molar-refractivity contribution in [3.05, 3.63) is 0 Å². The minimum atomic E-state index is 0. The van der Waals surface area contributed by atoms with E-state index in [0.29, 0.717) is 25.3 Å². The molecule has 0 saturated carbocycles. The Bertz CT molecular complexity index is 447. The number of hydrogen-bond donors (Lipinski definition) is 2. The molecule has 0 spiro atoms. The van der Waals surface area contributed by atoms with Crippen LogP contribution in [0, 0.1) is 5.92 Å². The molecule has 152 valence electrons. The van der Waals surface area contributed by atoms with Gasteiger partial charge in [-0.15, -0.1) is 24.0 Å². The Balaban J connectivity index is 0.00000625. The number of carbonyl (C=O) groups excluding carboxylic acids is 2. The summed E-state index contributed by atoms with van der Waals surface area (Å²) >= 11 is 0. The van der Waals surface area contributed by atoms with Crippen molar-refractivity contribution in [1.82, 2.24) is 20.4 Å². The second-order valence-corrected chi connectivity index (χ2v) is 6.36. The van der Waals surface area contributed by atoms with E-state index < -0.39 is 0 Å². The average molecular weight is 481 g/mol. The molecule has 0 aromatic heterocycles. The highest BCUT2D eigenvalue weighted by atomic mass is 127. The highest BCUT2D eigenvalue weighted by Gasteiger charge is 2.23. The first-order valence-electron chi connectivity index (χ1n) is 9.57. The monoisotopic (exact) mass is 481 g/mol. The van der Waals surface area contributed by atoms with Gasteiger partial charge in [0.25, 0.3) is 0 Å². The Kier molecular flexibility index (Phi) is 13.5. The first kappa shape index (κ1) is 24.9. The van der Waals surface area contributed by atoms with Gasteiger partial charge >= 0.3 is 0 Å². The number of carbonyl (C=O) groups is 2. The van der Waals surface area contributed by atoms with E-state index in [2.05, 4.69) is 27.4 Å². The third-order valence-corrected chi connectivity index (χ3v) is 4.71. The molecule has 0 bridgehead atoms. The van der Waals surface area contributed by atoms with Crippen LogP contribution in [0.2, 0.25) is 0 Å². The number of amides is 2. The van der Waals surface area contributed by atoms with Crippen LogP contribution in [-0.2, 0) is 9.59 Å². The molecule has 1 aliphatic heterocycles. The van der Waals surface area contributed by atoms with Crippen molar-refractivity contribution < 1.29 is 9.59 Å². The lowest BCUT2D eigenvalue weighted by Gasteiger charge is -2.34. The first-order chi connectivity index (χ1) is 12.0. The van der Waals surface area contributed by atoms with E-state index >= 15 is 0 Å². The molecule has 26 heavy (non-hydrogen) atoms. The summed E-state index contributed by atoms with van der Waals surface area (Å²) in [5.74, 6) is 1.61. The second-order valence-electron chi connectivity index (χ2n) is 6.36. The Morgan fingerprint density at radius 2 is 1.77 bits per heavy atom. The van der Waals surface area contributed by atoms with E-state index in [1.54, 1.807) is 7.05 Å². The Labute approximate surface area is 175 Å². The molecule has 1 saturated heterocycles. The van der Waals surface area contributed by atoms with Gasteiger partial charge in [-0.3, -0.25) is 14.6 Å². The average Bonchev–Trinajstić information content (AvgIpc) is 2.62. The van der Waals surface area contributed by atoms with Crippen LogP contribution in [0.15, 0.2) is 4.99 Å². The maximum atomic E-state index is 12.1. The van der Waals surface area contributed by atoms with E-state index in [1.165, 1.54) is 0 Å². The number of guanidine groups is 1. The minimum absolute atomic E-state index is 0. The van der Waals surface area contributed by atoms with Crippen LogP contribution in [0.5, 0.6) is 0 Å². The third-order valence-electron chi connectivity index (χ3n) is 4.71. The Morgan fingerprint density at radius 1 is 1.15 bits per heavy atom. The van der Waals surface area contributed by atoms with Gasteiger partial charge < -0.3 is 20.4 Å². The summed E-state index contributed by atoms with van der Waals surface area (Å²) in [6.45, 7) is 10.7. The highest BCUT2D eigenvalue weighted by molar-refractivity contribution is 14.0. The molecule has 0 radical (unpaired) electrons. The number of aliphatic imine (C=N–C) groups is 1. The van der Waals surface area contributed by atoms with Crippen molar-refractivity contribution in [3.63, 3.8) is 0 Å². The Hall–Kier alpha value is -1.06. The zero-order valence-corrected chi connectivity index (χ0v) is 19.0. The van der Waals surface area contributed by atoms with Crippen molar-refractivity contribution in [3.8, 4) is 0 Å². The molecule has 0 aromatic rings. The molecular weight excluding hydrogens is 445 g/mol. The van der Waals surface area contributed by atoms with Gasteiger partial charge in [0, 0.05) is 52.6 Å². The van der Waals surface area contributed by atoms with Crippen LogP contribution >= 0.6 is 24.0 Å². The fourth-order valence-corrected chi connectivity index (χ4v) is 3.13. The Morgan fingerprint density at radius 3 is 2.27 bits per heavy atom. The molecule has 0 unspecified atom stereocenters.